The number of hydrogen-bond donors (Lipinski definition) is 4. The van der Waals surface area contributed by atoms with E-state index in [1.54, 1.807) is 23.2 Å². The molecule has 0 spiro atoms. The summed E-state index contributed by atoms with van der Waals surface area (Å²) < 4.78 is 1.70. The fourth-order valence-corrected chi connectivity index (χ4v) is 4.96. The van der Waals surface area contributed by atoms with Crippen LogP contribution in [-0.4, -0.2) is 66.4 Å². The van der Waals surface area contributed by atoms with Gasteiger partial charge in [0.2, 0.25) is 5.91 Å². The maximum absolute atomic E-state index is 13.0. The number of aliphatic hydroxyl groups excluding tert-OH is 2. The van der Waals surface area contributed by atoms with Crippen LogP contribution in [0.25, 0.3) is 5.69 Å². The van der Waals surface area contributed by atoms with E-state index in [2.05, 4.69) is 20.7 Å². The second-order valence-electron chi connectivity index (χ2n) is 8.61. The third-order valence-electron chi connectivity index (χ3n) is 6.02. The van der Waals surface area contributed by atoms with Crippen LogP contribution < -0.4 is 10.6 Å². The number of nitrogens with zero attached hydrogens (tertiary/aromatic N) is 4. The Hall–Kier alpha value is -3.61. The third-order valence-corrected chi connectivity index (χ3v) is 6.80. The van der Waals surface area contributed by atoms with E-state index in [-0.39, 0.29) is 5.91 Å². The fourth-order valence-electron chi connectivity index (χ4n) is 4.15. The summed E-state index contributed by atoms with van der Waals surface area (Å²) in [5.41, 5.74) is 2.23. The first-order valence-corrected chi connectivity index (χ1v) is 12.4. The molecule has 4 rings (SSSR count). The Balaban J connectivity index is 1.36. The number of aromatic nitrogens is 3. The van der Waals surface area contributed by atoms with Crippen molar-refractivity contribution in [3.63, 3.8) is 0 Å². The predicted molar refractivity (Wildman–Crippen MR) is 132 cm³/mol. The molecule has 1 aliphatic heterocycles. The summed E-state index contributed by atoms with van der Waals surface area (Å²) in [5, 5.41) is 32.6. The van der Waals surface area contributed by atoms with Crippen LogP contribution in [0.15, 0.2) is 48.1 Å². The highest BCUT2D eigenvalue weighted by atomic mass is 32.1. The van der Waals surface area contributed by atoms with E-state index >= 15 is 0 Å². The van der Waals surface area contributed by atoms with Gasteiger partial charge in [-0.2, -0.15) is 5.10 Å². The number of rotatable bonds is 8. The Bertz CT molecular complexity index is 1210. The number of nitrogens with one attached hydrogen (secondary N) is 2. The normalized spacial score (nSPS) is 17.9. The molecule has 0 aliphatic carbocycles. The van der Waals surface area contributed by atoms with Crippen molar-refractivity contribution in [3.8, 4) is 5.69 Å². The maximum Gasteiger partial charge on any atom is 0.255 e. The Labute approximate surface area is 211 Å². The second kappa shape index (κ2) is 11.0. The molecule has 1 saturated heterocycles. The summed E-state index contributed by atoms with van der Waals surface area (Å²) >= 11 is 1.24. The minimum absolute atomic E-state index is 0.247. The highest BCUT2D eigenvalue weighted by molar-refractivity contribution is 7.13. The van der Waals surface area contributed by atoms with Crippen LogP contribution in [-0.2, 0) is 14.4 Å². The highest BCUT2D eigenvalue weighted by Gasteiger charge is 2.39. The van der Waals surface area contributed by atoms with Crippen LogP contribution in [0.3, 0.4) is 0 Å². The van der Waals surface area contributed by atoms with Gasteiger partial charge in [0, 0.05) is 31.2 Å². The van der Waals surface area contributed by atoms with Gasteiger partial charge in [0.05, 0.1) is 23.5 Å². The summed E-state index contributed by atoms with van der Waals surface area (Å²) in [5.74, 6) is -1.84. The molecule has 36 heavy (non-hydrogen) atoms. The lowest BCUT2D eigenvalue weighted by molar-refractivity contribution is -0.154. The lowest BCUT2D eigenvalue weighted by Gasteiger charge is -2.28. The van der Waals surface area contributed by atoms with Crippen molar-refractivity contribution in [1.29, 1.82) is 0 Å². The molecule has 1 aliphatic rings. The molecule has 1 fully saturated rings. The van der Waals surface area contributed by atoms with Gasteiger partial charge < -0.3 is 25.7 Å². The molecule has 11 nitrogen and oxygen atoms in total. The van der Waals surface area contributed by atoms with E-state index in [0.717, 1.165) is 11.3 Å². The molecule has 4 atom stereocenters. The minimum atomic E-state index is -1.94. The maximum atomic E-state index is 13.0. The molecule has 0 radical (unpaired) electrons. The summed E-state index contributed by atoms with van der Waals surface area (Å²) in [4.78, 5) is 42.7. The van der Waals surface area contributed by atoms with Gasteiger partial charge in [-0.15, -0.1) is 11.3 Å². The number of amides is 3. The molecule has 1 aromatic carbocycles. The van der Waals surface area contributed by atoms with Crippen LogP contribution in [0.4, 0.5) is 5.13 Å². The molecule has 12 heteroatoms. The van der Waals surface area contributed by atoms with Crippen LogP contribution in [0.2, 0.25) is 0 Å². The Morgan fingerprint density at radius 3 is 2.58 bits per heavy atom. The van der Waals surface area contributed by atoms with E-state index < -0.39 is 36.1 Å². The van der Waals surface area contributed by atoms with Crippen molar-refractivity contribution in [1.82, 2.24) is 25.0 Å². The first kappa shape index (κ1) is 25.5. The molecular formula is C24H28N6O5S. The van der Waals surface area contributed by atoms with E-state index in [1.807, 2.05) is 36.5 Å². The van der Waals surface area contributed by atoms with Crippen molar-refractivity contribution in [3.05, 3.63) is 59.4 Å². The largest absolute Gasteiger partial charge is 0.380 e. The summed E-state index contributed by atoms with van der Waals surface area (Å²) in [6, 6.07) is 8.29. The van der Waals surface area contributed by atoms with Crippen molar-refractivity contribution in [2.24, 2.45) is 0 Å². The number of anilines is 1. The van der Waals surface area contributed by atoms with Gasteiger partial charge in [0.1, 0.15) is 0 Å². The van der Waals surface area contributed by atoms with Crippen LogP contribution in [0.5, 0.6) is 0 Å². The minimum Gasteiger partial charge on any atom is -0.380 e. The Kier molecular flexibility index (Phi) is 7.77. The number of thiazole rings is 1. The van der Waals surface area contributed by atoms with Crippen molar-refractivity contribution in [2.45, 2.75) is 51.0 Å². The number of likely N-dealkylation sites (tertiary alicyclic amines) is 1. The zero-order valence-corrected chi connectivity index (χ0v) is 20.7. The van der Waals surface area contributed by atoms with Crippen LogP contribution in [0.1, 0.15) is 50.0 Å². The number of benzene rings is 1. The number of aliphatic hydroxyl groups is 2. The van der Waals surface area contributed by atoms with Gasteiger partial charge in [-0.3, -0.25) is 14.4 Å². The van der Waals surface area contributed by atoms with Crippen molar-refractivity contribution < 1.29 is 24.6 Å². The number of carbonyl (C=O) groups excluding carboxylic acids is 3. The average molecular weight is 513 g/mol. The van der Waals surface area contributed by atoms with Gasteiger partial charge in [-0.25, -0.2) is 9.67 Å². The fraction of sp³-hybridized carbons (Fsp3) is 0.375. The zero-order chi connectivity index (χ0) is 25.8. The van der Waals surface area contributed by atoms with E-state index in [9.17, 15) is 24.6 Å². The quantitative estimate of drug-likeness (QED) is 0.358. The van der Waals surface area contributed by atoms with E-state index in [4.69, 9.17) is 0 Å². The summed E-state index contributed by atoms with van der Waals surface area (Å²) in [6.45, 7) is 3.49. The Morgan fingerprint density at radius 2 is 1.92 bits per heavy atom. The third kappa shape index (κ3) is 5.61. The van der Waals surface area contributed by atoms with Crippen LogP contribution in [0, 0.1) is 0 Å². The van der Waals surface area contributed by atoms with Crippen molar-refractivity contribution >= 4 is 34.2 Å². The summed E-state index contributed by atoms with van der Waals surface area (Å²) in [7, 11) is 0. The van der Waals surface area contributed by atoms with Gasteiger partial charge >= 0.3 is 0 Å². The SMILES string of the molecule is CC(=O)Nc1nc(C2CCCN2C(=O)[C@H](O)[C@@H](O)C(=O)N[C@H](C)c2ccc(-n3cccn3)cc2)cs1. The van der Waals surface area contributed by atoms with E-state index in [0.29, 0.717) is 30.2 Å². The smallest absolute Gasteiger partial charge is 0.255 e. The molecule has 3 heterocycles. The summed E-state index contributed by atoms with van der Waals surface area (Å²) in [6.07, 6.45) is 0.938. The standard InChI is InChI=1S/C24H28N6O5S/c1-14(16-6-8-17(9-7-16)30-12-4-10-25-30)26-22(34)20(32)21(33)23(35)29-11-3-5-19(29)18-13-36-24(28-18)27-15(2)31/h4,6-10,12-14,19-21,32-33H,3,5,11H2,1-2H3,(H,26,34)(H,27,28,31)/t14-,19?,20-,21-/m1/s1. The van der Waals surface area contributed by atoms with Gasteiger partial charge in [0.15, 0.2) is 17.3 Å². The average Bonchev–Trinajstić information content (AvgIpc) is 3.64. The van der Waals surface area contributed by atoms with Gasteiger partial charge in [-0.05, 0) is 43.5 Å². The van der Waals surface area contributed by atoms with Crippen LogP contribution >= 0.6 is 11.3 Å². The lowest BCUT2D eigenvalue weighted by Crippen LogP contribution is -2.51. The first-order chi connectivity index (χ1) is 17.2. The molecule has 190 valence electrons. The second-order valence-corrected chi connectivity index (χ2v) is 9.47. The lowest BCUT2D eigenvalue weighted by atomic mass is 10.1. The predicted octanol–water partition coefficient (Wildman–Crippen LogP) is 1.55. The van der Waals surface area contributed by atoms with Gasteiger partial charge in [0.25, 0.3) is 11.8 Å². The monoisotopic (exact) mass is 512 g/mol. The topological polar surface area (TPSA) is 150 Å². The molecule has 0 saturated carbocycles. The molecule has 4 N–H and O–H groups in total. The number of carbonyl (C=O) groups is 3. The molecular weight excluding hydrogens is 484 g/mol. The molecule has 1 unspecified atom stereocenters. The molecule has 3 amide bonds. The van der Waals surface area contributed by atoms with Gasteiger partial charge in [-0.1, -0.05) is 12.1 Å². The van der Waals surface area contributed by atoms with E-state index in [1.165, 1.54) is 23.2 Å². The molecule has 3 aromatic rings. The number of hydrogen-bond acceptors (Lipinski definition) is 8. The first-order valence-electron chi connectivity index (χ1n) is 11.5. The highest BCUT2D eigenvalue weighted by Crippen LogP contribution is 2.34. The zero-order valence-electron chi connectivity index (χ0n) is 19.9. The molecule has 2 aromatic heterocycles. The Morgan fingerprint density at radius 1 is 1.17 bits per heavy atom. The molecule has 0 bridgehead atoms. The van der Waals surface area contributed by atoms with Crippen molar-refractivity contribution in [2.75, 3.05) is 11.9 Å².